The summed E-state index contributed by atoms with van der Waals surface area (Å²) in [5.41, 5.74) is 6.89. The third-order valence-electron chi connectivity index (χ3n) is 4.72. The number of hydrogen-bond acceptors (Lipinski definition) is 3. The summed E-state index contributed by atoms with van der Waals surface area (Å²) in [7, 11) is 1.65. The van der Waals surface area contributed by atoms with Crippen LogP contribution in [0.4, 0.5) is 0 Å². The molecule has 116 valence electrons. The Labute approximate surface area is 127 Å². The van der Waals surface area contributed by atoms with Gasteiger partial charge in [0.05, 0.1) is 12.5 Å². The number of ether oxygens (including phenoxy) is 1. The van der Waals surface area contributed by atoms with Crippen LogP contribution in [0.25, 0.3) is 0 Å². The zero-order valence-corrected chi connectivity index (χ0v) is 13.3. The molecule has 1 aromatic rings. The Hall–Kier alpha value is -1.55. The number of amides is 1. The van der Waals surface area contributed by atoms with Crippen molar-refractivity contribution in [3.8, 4) is 5.75 Å². The van der Waals surface area contributed by atoms with Gasteiger partial charge in [-0.3, -0.25) is 4.79 Å². The third kappa shape index (κ3) is 3.21. The summed E-state index contributed by atoms with van der Waals surface area (Å²) in [5.74, 6) is 1.02. The Kier molecular flexibility index (Phi) is 4.88. The van der Waals surface area contributed by atoms with E-state index in [4.69, 9.17) is 10.5 Å². The van der Waals surface area contributed by atoms with Gasteiger partial charge in [0.25, 0.3) is 0 Å². The molecule has 0 bridgehead atoms. The van der Waals surface area contributed by atoms with Gasteiger partial charge in [0.15, 0.2) is 0 Å². The van der Waals surface area contributed by atoms with E-state index in [1.165, 1.54) is 0 Å². The van der Waals surface area contributed by atoms with Crippen LogP contribution in [-0.2, 0) is 11.3 Å². The van der Waals surface area contributed by atoms with Crippen LogP contribution in [0.15, 0.2) is 24.3 Å². The van der Waals surface area contributed by atoms with Crippen molar-refractivity contribution in [2.45, 2.75) is 45.7 Å². The normalized spacial score (nSPS) is 24.9. The van der Waals surface area contributed by atoms with Gasteiger partial charge in [-0.25, -0.2) is 0 Å². The minimum Gasteiger partial charge on any atom is -0.497 e. The number of nitrogens with two attached hydrogens (primary N) is 1. The maximum atomic E-state index is 12.9. The summed E-state index contributed by atoms with van der Waals surface area (Å²) in [4.78, 5) is 14.8. The van der Waals surface area contributed by atoms with E-state index in [9.17, 15) is 4.79 Å². The van der Waals surface area contributed by atoms with Gasteiger partial charge in [-0.15, -0.1) is 0 Å². The largest absolute Gasteiger partial charge is 0.497 e. The van der Waals surface area contributed by atoms with Crippen molar-refractivity contribution in [2.75, 3.05) is 13.7 Å². The summed E-state index contributed by atoms with van der Waals surface area (Å²) < 4.78 is 5.16. The van der Waals surface area contributed by atoms with Gasteiger partial charge in [0, 0.05) is 19.1 Å². The van der Waals surface area contributed by atoms with Crippen molar-refractivity contribution in [2.24, 2.45) is 11.1 Å². The molecule has 1 fully saturated rings. The summed E-state index contributed by atoms with van der Waals surface area (Å²) in [6.45, 7) is 5.36. The molecule has 1 amide bonds. The molecule has 2 rings (SSSR count). The van der Waals surface area contributed by atoms with E-state index < -0.39 is 5.41 Å². The SMILES string of the molecule is CCN(Cc1ccc(OC)cc1)C(=O)C1(C)CCCC1N. The molecule has 1 saturated carbocycles. The van der Waals surface area contributed by atoms with Crippen molar-refractivity contribution in [1.82, 2.24) is 4.90 Å². The fourth-order valence-corrected chi connectivity index (χ4v) is 3.10. The first-order valence-electron chi connectivity index (χ1n) is 7.69. The molecule has 1 aliphatic rings. The van der Waals surface area contributed by atoms with E-state index in [-0.39, 0.29) is 11.9 Å². The molecular weight excluding hydrogens is 264 g/mol. The van der Waals surface area contributed by atoms with Crippen LogP contribution >= 0.6 is 0 Å². The van der Waals surface area contributed by atoms with E-state index in [2.05, 4.69) is 0 Å². The van der Waals surface area contributed by atoms with Crippen molar-refractivity contribution < 1.29 is 9.53 Å². The van der Waals surface area contributed by atoms with E-state index >= 15 is 0 Å². The van der Waals surface area contributed by atoms with Crippen LogP contribution < -0.4 is 10.5 Å². The molecule has 2 atom stereocenters. The molecule has 4 nitrogen and oxygen atoms in total. The minimum atomic E-state index is -0.400. The zero-order chi connectivity index (χ0) is 15.5. The molecule has 0 radical (unpaired) electrons. The standard InChI is InChI=1S/C17H26N2O2/c1-4-19(12-13-7-9-14(21-3)10-8-13)16(20)17(2)11-5-6-15(17)18/h7-10,15H,4-6,11-12,18H2,1-3H3. The van der Waals surface area contributed by atoms with Gasteiger partial charge in [0.1, 0.15) is 5.75 Å². The number of benzene rings is 1. The van der Waals surface area contributed by atoms with Gasteiger partial charge in [-0.1, -0.05) is 18.6 Å². The third-order valence-corrected chi connectivity index (χ3v) is 4.72. The van der Waals surface area contributed by atoms with Gasteiger partial charge < -0.3 is 15.4 Å². The Morgan fingerprint density at radius 1 is 1.43 bits per heavy atom. The first-order valence-corrected chi connectivity index (χ1v) is 7.69. The fourth-order valence-electron chi connectivity index (χ4n) is 3.10. The van der Waals surface area contributed by atoms with Crippen molar-refractivity contribution >= 4 is 5.91 Å². The second-order valence-electron chi connectivity index (χ2n) is 6.08. The molecule has 2 N–H and O–H groups in total. The van der Waals surface area contributed by atoms with Crippen LogP contribution in [0.2, 0.25) is 0 Å². The van der Waals surface area contributed by atoms with E-state index in [0.29, 0.717) is 13.1 Å². The Bertz CT molecular complexity index is 486. The summed E-state index contributed by atoms with van der Waals surface area (Å²) >= 11 is 0. The van der Waals surface area contributed by atoms with Crippen LogP contribution in [-0.4, -0.2) is 30.5 Å². The molecule has 1 aromatic carbocycles. The quantitative estimate of drug-likeness (QED) is 0.906. The molecule has 0 aliphatic heterocycles. The predicted octanol–water partition coefficient (Wildman–Crippen LogP) is 2.56. The molecular formula is C17H26N2O2. The van der Waals surface area contributed by atoms with E-state index in [1.54, 1.807) is 7.11 Å². The topological polar surface area (TPSA) is 55.6 Å². The van der Waals surface area contributed by atoms with Gasteiger partial charge in [-0.05, 0) is 44.4 Å². The van der Waals surface area contributed by atoms with Gasteiger partial charge in [0.2, 0.25) is 5.91 Å². The average molecular weight is 290 g/mol. The number of carbonyl (C=O) groups excluding carboxylic acids is 1. The summed E-state index contributed by atoms with van der Waals surface area (Å²) in [5, 5.41) is 0. The molecule has 0 aromatic heterocycles. The van der Waals surface area contributed by atoms with Crippen molar-refractivity contribution in [1.29, 1.82) is 0 Å². The molecule has 0 saturated heterocycles. The highest BCUT2D eigenvalue weighted by Gasteiger charge is 2.44. The first kappa shape index (κ1) is 15.8. The Morgan fingerprint density at radius 2 is 2.10 bits per heavy atom. The summed E-state index contributed by atoms with van der Waals surface area (Å²) in [6, 6.07) is 7.85. The lowest BCUT2D eigenvalue weighted by Gasteiger charge is -2.34. The van der Waals surface area contributed by atoms with E-state index in [1.807, 2.05) is 43.0 Å². The van der Waals surface area contributed by atoms with Crippen molar-refractivity contribution in [3.63, 3.8) is 0 Å². The Morgan fingerprint density at radius 3 is 2.57 bits per heavy atom. The first-order chi connectivity index (χ1) is 10.0. The molecule has 0 spiro atoms. The fraction of sp³-hybridized carbons (Fsp3) is 0.588. The monoisotopic (exact) mass is 290 g/mol. The lowest BCUT2D eigenvalue weighted by Crippen LogP contribution is -2.48. The molecule has 1 aliphatic carbocycles. The zero-order valence-electron chi connectivity index (χ0n) is 13.3. The minimum absolute atomic E-state index is 0.0186. The highest BCUT2D eigenvalue weighted by atomic mass is 16.5. The van der Waals surface area contributed by atoms with Crippen LogP contribution in [0.5, 0.6) is 5.75 Å². The number of carbonyl (C=O) groups is 1. The Balaban J connectivity index is 2.10. The molecule has 0 heterocycles. The highest BCUT2D eigenvalue weighted by molar-refractivity contribution is 5.83. The highest BCUT2D eigenvalue weighted by Crippen LogP contribution is 2.38. The molecule has 4 heteroatoms. The number of methoxy groups -OCH3 is 1. The second-order valence-corrected chi connectivity index (χ2v) is 6.08. The van der Waals surface area contributed by atoms with E-state index in [0.717, 1.165) is 30.6 Å². The maximum Gasteiger partial charge on any atom is 0.230 e. The smallest absolute Gasteiger partial charge is 0.230 e. The van der Waals surface area contributed by atoms with Gasteiger partial charge in [-0.2, -0.15) is 0 Å². The van der Waals surface area contributed by atoms with Crippen LogP contribution in [0.3, 0.4) is 0 Å². The molecule has 21 heavy (non-hydrogen) atoms. The summed E-state index contributed by atoms with van der Waals surface area (Å²) in [6.07, 6.45) is 2.89. The van der Waals surface area contributed by atoms with Gasteiger partial charge >= 0.3 is 0 Å². The van der Waals surface area contributed by atoms with Crippen molar-refractivity contribution in [3.05, 3.63) is 29.8 Å². The van der Waals surface area contributed by atoms with Crippen LogP contribution in [0.1, 0.15) is 38.7 Å². The second kappa shape index (κ2) is 6.48. The lowest BCUT2D eigenvalue weighted by atomic mass is 9.83. The number of hydrogen-bond donors (Lipinski definition) is 1. The lowest BCUT2D eigenvalue weighted by molar-refractivity contribution is -0.142. The maximum absolute atomic E-state index is 12.9. The average Bonchev–Trinajstić information content (AvgIpc) is 2.85. The number of rotatable bonds is 5. The molecule has 2 unspecified atom stereocenters. The predicted molar refractivity (Wildman–Crippen MR) is 84.0 cm³/mol. The number of nitrogens with zero attached hydrogens (tertiary/aromatic N) is 1. The van der Waals surface area contributed by atoms with Crippen LogP contribution in [0, 0.1) is 5.41 Å².